The van der Waals surface area contributed by atoms with Crippen LogP contribution in [0.5, 0.6) is 0 Å². The molecule has 2 atom stereocenters. The molecule has 0 saturated carbocycles. The molecule has 0 amide bonds. The van der Waals surface area contributed by atoms with Crippen molar-refractivity contribution in [1.82, 2.24) is 0 Å². The van der Waals surface area contributed by atoms with Crippen LogP contribution in [0.3, 0.4) is 0 Å². The maximum atomic E-state index is 2.81. The van der Waals surface area contributed by atoms with Crippen LogP contribution in [0.1, 0.15) is 54.6 Å². The van der Waals surface area contributed by atoms with E-state index >= 15 is 0 Å². The van der Waals surface area contributed by atoms with Crippen molar-refractivity contribution in [1.29, 1.82) is 0 Å². The average molecular weight is 833 g/mol. The van der Waals surface area contributed by atoms with E-state index in [0.29, 0.717) is 7.35 Å². The van der Waals surface area contributed by atoms with Crippen LogP contribution in [-0.4, -0.2) is 3.26 Å². The first kappa shape index (κ1) is 31.7. The summed E-state index contributed by atoms with van der Waals surface area (Å²) in [5.74, 6) is 0. The van der Waals surface area contributed by atoms with Gasteiger partial charge in [-0.05, 0) is 0 Å². The standard InChI is InChI=1S/2C23H15.C3H6.2CH3.Hf/c2*1-2-8-19-15-20(14-18(19)7-1)22-11-5-9-17-13-12-16-6-3-4-10-21(16)23(17)22;1-3-2;;;/h2*1-15H;1-2H3;2*1H3;. The molecule has 250 valence electrons. The topological polar surface area (TPSA) is 0 Å². The molecule has 8 aromatic rings. The number of hydrogen-bond donors (Lipinski definition) is 0. The Labute approximate surface area is 307 Å². The van der Waals surface area contributed by atoms with Gasteiger partial charge in [0.1, 0.15) is 0 Å². The van der Waals surface area contributed by atoms with Crippen LogP contribution in [0.4, 0.5) is 0 Å². The zero-order valence-electron chi connectivity index (χ0n) is 30.3. The van der Waals surface area contributed by atoms with E-state index in [9.17, 15) is 0 Å². The maximum absolute atomic E-state index is 4.53. The van der Waals surface area contributed by atoms with Crippen LogP contribution in [0.15, 0.2) is 158 Å². The van der Waals surface area contributed by atoms with Crippen molar-refractivity contribution < 1.29 is 18.0 Å². The third-order valence-corrected chi connectivity index (χ3v) is 41.9. The molecule has 0 fully saturated rings. The molecule has 0 aromatic heterocycles. The van der Waals surface area contributed by atoms with Crippen LogP contribution in [0.25, 0.3) is 66.4 Å². The molecule has 0 nitrogen and oxygen atoms in total. The fourth-order valence-electron chi connectivity index (χ4n) is 10.4. The van der Waals surface area contributed by atoms with Gasteiger partial charge in [-0.1, -0.05) is 0 Å². The van der Waals surface area contributed by atoms with Gasteiger partial charge < -0.3 is 0 Å². The van der Waals surface area contributed by atoms with Crippen LogP contribution in [-0.2, 0) is 18.0 Å². The van der Waals surface area contributed by atoms with Crippen molar-refractivity contribution >= 4 is 69.6 Å². The second-order valence-electron chi connectivity index (χ2n) is 16.3. The number of fused-ring (bicyclic) bond motifs is 8. The summed E-state index contributed by atoms with van der Waals surface area (Å²) in [5.41, 5.74) is 11.5. The Morgan fingerprint density at radius 3 is 1.25 bits per heavy atom. The molecule has 10 rings (SSSR count). The zero-order valence-corrected chi connectivity index (χ0v) is 33.9. The Hall–Kier alpha value is -4.98. The summed E-state index contributed by atoms with van der Waals surface area (Å²) < 4.78 is 7.86. The van der Waals surface area contributed by atoms with E-state index in [-0.39, 0.29) is 0 Å². The van der Waals surface area contributed by atoms with Crippen LogP contribution in [0.2, 0.25) is 9.36 Å². The van der Waals surface area contributed by atoms with Gasteiger partial charge in [-0.2, -0.15) is 0 Å². The molecule has 2 aliphatic carbocycles. The van der Waals surface area contributed by atoms with Crippen LogP contribution in [0, 0.1) is 0 Å². The number of benzene rings is 8. The Bertz CT molecular complexity index is 2750. The molecule has 2 aliphatic rings. The van der Waals surface area contributed by atoms with Gasteiger partial charge in [0, 0.05) is 0 Å². The van der Waals surface area contributed by atoms with Gasteiger partial charge in [0.05, 0.1) is 0 Å². The van der Waals surface area contributed by atoms with E-state index in [1.807, 2.05) is 0 Å². The monoisotopic (exact) mass is 834 g/mol. The van der Waals surface area contributed by atoms with E-state index in [1.54, 1.807) is 3.26 Å². The predicted molar refractivity (Wildman–Crippen MR) is 225 cm³/mol. The Balaban J connectivity index is 1.30. The first-order valence-electron chi connectivity index (χ1n) is 18.8. The van der Waals surface area contributed by atoms with Crippen molar-refractivity contribution in [3.8, 4) is 0 Å². The Morgan fingerprint density at radius 1 is 0.404 bits per heavy atom. The van der Waals surface area contributed by atoms with Gasteiger partial charge in [0.2, 0.25) is 0 Å². The van der Waals surface area contributed by atoms with Gasteiger partial charge in [0.25, 0.3) is 0 Å². The molecular formula is C51H42Hf. The van der Waals surface area contributed by atoms with Gasteiger partial charge in [-0.3, -0.25) is 0 Å². The van der Waals surface area contributed by atoms with E-state index < -0.39 is 18.0 Å². The summed E-state index contributed by atoms with van der Waals surface area (Å²) in [4.78, 5) is 0. The SMILES string of the molecule is C[C](C)=[Hf]([CH3])([CH3])([CH]1C(c2cccc3ccc4ccccc4c23)=Cc2ccccc21)[CH]1C(c2cccc3ccc4ccccc4c23)=Cc2ccccc21. The minimum atomic E-state index is -4.53. The zero-order chi connectivity index (χ0) is 35.2. The predicted octanol–water partition coefficient (Wildman–Crippen LogP) is 14.2. The van der Waals surface area contributed by atoms with Crippen molar-refractivity contribution in [2.75, 3.05) is 0 Å². The summed E-state index contributed by atoms with van der Waals surface area (Å²) in [6.45, 7) is 4.98. The molecule has 2 unspecified atom stereocenters. The second-order valence-corrected chi connectivity index (χ2v) is 42.8. The molecular weight excluding hydrogens is 791 g/mol. The van der Waals surface area contributed by atoms with Crippen molar-refractivity contribution in [2.24, 2.45) is 0 Å². The first-order valence-corrected chi connectivity index (χ1v) is 31.9. The average Bonchev–Trinajstić information content (AvgIpc) is 3.78. The second kappa shape index (κ2) is 11.5. The molecule has 0 radical (unpaired) electrons. The van der Waals surface area contributed by atoms with Gasteiger partial charge >= 0.3 is 309 Å². The van der Waals surface area contributed by atoms with Crippen LogP contribution < -0.4 is 0 Å². The molecule has 0 N–H and O–H groups in total. The normalized spacial score (nSPS) is 17.0. The molecule has 0 spiro atoms. The molecule has 0 aliphatic heterocycles. The van der Waals surface area contributed by atoms with Crippen LogP contribution >= 0.6 is 0 Å². The number of rotatable bonds is 4. The Kier molecular flexibility index (Phi) is 7.02. The Morgan fingerprint density at radius 2 is 0.788 bits per heavy atom. The third kappa shape index (κ3) is 4.39. The summed E-state index contributed by atoms with van der Waals surface area (Å²) in [7, 11) is 0. The van der Waals surface area contributed by atoms with E-state index in [1.165, 1.54) is 87.6 Å². The molecule has 0 saturated heterocycles. The van der Waals surface area contributed by atoms with Gasteiger partial charge in [0.15, 0.2) is 0 Å². The van der Waals surface area contributed by atoms with Crippen molar-refractivity contribution in [3.63, 3.8) is 0 Å². The summed E-state index contributed by atoms with van der Waals surface area (Å²) in [6.07, 6.45) is 5.13. The molecule has 0 bridgehead atoms. The van der Waals surface area contributed by atoms with Crippen molar-refractivity contribution in [2.45, 2.75) is 30.6 Å². The fourth-order valence-corrected chi connectivity index (χ4v) is 33.1. The quantitative estimate of drug-likeness (QED) is 0.122. The van der Waals surface area contributed by atoms with E-state index in [4.69, 9.17) is 0 Å². The van der Waals surface area contributed by atoms with E-state index in [2.05, 4.69) is 193 Å². The third-order valence-electron chi connectivity index (χ3n) is 13.4. The first-order chi connectivity index (χ1) is 25.3. The number of allylic oxidation sites excluding steroid dienone is 2. The molecule has 0 heterocycles. The molecule has 1 heteroatoms. The molecule has 8 aromatic carbocycles. The summed E-state index contributed by atoms with van der Waals surface area (Å²) in [5, 5.41) is 10.6. The fraction of sp³-hybridized carbons (Fsp3) is 0.118. The molecule has 52 heavy (non-hydrogen) atoms. The number of hydrogen-bond acceptors (Lipinski definition) is 0. The van der Waals surface area contributed by atoms with Crippen molar-refractivity contribution in [3.05, 3.63) is 191 Å². The van der Waals surface area contributed by atoms with Gasteiger partial charge in [-0.25, -0.2) is 0 Å². The van der Waals surface area contributed by atoms with E-state index in [0.717, 1.165) is 0 Å². The summed E-state index contributed by atoms with van der Waals surface area (Å²) >= 11 is -4.53. The summed E-state index contributed by atoms with van der Waals surface area (Å²) in [6, 6.07) is 59.7. The minimum absolute atomic E-state index is 0.300. The van der Waals surface area contributed by atoms with Gasteiger partial charge in [-0.15, -0.1) is 0 Å².